The largest absolute Gasteiger partial charge is 0.354 e. The highest BCUT2D eigenvalue weighted by Crippen LogP contribution is 2.19. The zero-order valence-electron chi connectivity index (χ0n) is 9.51. The number of hydrogen-bond acceptors (Lipinski definition) is 3. The minimum atomic E-state index is 0.885. The molecule has 0 radical (unpaired) electrons. The van der Waals surface area contributed by atoms with Crippen molar-refractivity contribution in [2.45, 2.75) is 0 Å². The van der Waals surface area contributed by atoms with Crippen LogP contribution in [-0.4, -0.2) is 35.6 Å². The Kier molecular flexibility index (Phi) is 2.87. The minimum absolute atomic E-state index is 0.885. The Morgan fingerprint density at radius 1 is 0.941 bits per heavy atom. The number of halogens is 1. The van der Waals surface area contributed by atoms with E-state index in [1.807, 2.05) is 16.6 Å². The molecular formula is C13H14ClN3. The average molecular weight is 248 g/mol. The van der Waals surface area contributed by atoms with E-state index in [2.05, 4.69) is 34.1 Å². The number of aromatic nitrogens is 1. The van der Waals surface area contributed by atoms with Crippen LogP contribution in [0, 0.1) is 0 Å². The number of pyridine rings is 1. The fourth-order valence-corrected chi connectivity index (χ4v) is 2.29. The molecule has 1 aromatic heterocycles. The quantitative estimate of drug-likeness (QED) is 0.722. The van der Waals surface area contributed by atoms with Gasteiger partial charge in [0.1, 0.15) is 5.82 Å². The van der Waals surface area contributed by atoms with Crippen LogP contribution in [0.25, 0.3) is 10.9 Å². The maximum atomic E-state index is 5.95. The van der Waals surface area contributed by atoms with Gasteiger partial charge in [-0.25, -0.2) is 9.40 Å². The molecule has 0 bridgehead atoms. The van der Waals surface area contributed by atoms with Crippen LogP contribution in [0.15, 0.2) is 36.4 Å². The first-order chi connectivity index (χ1) is 8.33. The summed E-state index contributed by atoms with van der Waals surface area (Å²) in [5.41, 5.74) is 1.05. The Morgan fingerprint density at radius 2 is 1.71 bits per heavy atom. The van der Waals surface area contributed by atoms with Gasteiger partial charge < -0.3 is 4.90 Å². The first-order valence-corrected chi connectivity index (χ1v) is 6.18. The second-order valence-electron chi connectivity index (χ2n) is 4.26. The van der Waals surface area contributed by atoms with Crippen LogP contribution in [0.4, 0.5) is 5.82 Å². The Labute approximate surface area is 106 Å². The third-order valence-electron chi connectivity index (χ3n) is 3.13. The van der Waals surface area contributed by atoms with Gasteiger partial charge in [0, 0.05) is 31.6 Å². The Bertz CT molecular complexity index is 521. The highest BCUT2D eigenvalue weighted by Gasteiger charge is 2.16. The van der Waals surface area contributed by atoms with Gasteiger partial charge in [0.25, 0.3) is 0 Å². The van der Waals surface area contributed by atoms with Gasteiger partial charge in [-0.15, -0.1) is 0 Å². The van der Waals surface area contributed by atoms with Crippen molar-refractivity contribution in [3.8, 4) is 0 Å². The summed E-state index contributed by atoms with van der Waals surface area (Å²) in [6, 6.07) is 12.4. The van der Waals surface area contributed by atoms with Crippen molar-refractivity contribution in [2.75, 3.05) is 31.1 Å². The summed E-state index contributed by atoms with van der Waals surface area (Å²) in [4.78, 5) is 6.97. The molecule has 1 aromatic carbocycles. The molecule has 0 saturated carbocycles. The third kappa shape index (κ3) is 2.21. The summed E-state index contributed by atoms with van der Waals surface area (Å²) in [5.74, 6) is 1.05. The molecule has 1 aliphatic rings. The van der Waals surface area contributed by atoms with Crippen LogP contribution in [-0.2, 0) is 0 Å². The summed E-state index contributed by atoms with van der Waals surface area (Å²) in [6.45, 7) is 3.65. The lowest BCUT2D eigenvalue weighted by Gasteiger charge is -2.31. The fourth-order valence-electron chi connectivity index (χ4n) is 2.14. The average Bonchev–Trinajstić information content (AvgIpc) is 2.39. The molecule has 1 saturated heterocycles. The summed E-state index contributed by atoms with van der Waals surface area (Å²) in [6.07, 6.45) is 0. The number of para-hydroxylation sites is 1. The van der Waals surface area contributed by atoms with Crippen molar-refractivity contribution in [1.29, 1.82) is 0 Å². The molecule has 3 nitrogen and oxygen atoms in total. The van der Waals surface area contributed by atoms with Gasteiger partial charge in [-0.05, 0) is 30.0 Å². The van der Waals surface area contributed by atoms with Crippen LogP contribution in [0.5, 0.6) is 0 Å². The molecule has 88 valence electrons. The minimum Gasteiger partial charge on any atom is -0.354 e. The van der Waals surface area contributed by atoms with Gasteiger partial charge in [-0.1, -0.05) is 18.2 Å². The molecule has 0 amide bonds. The first-order valence-electron chi connectivity index (χ1n) is 5.84. The summed E-state index contributed by atoms with van der Waals surface area (Å²) in [5, 5.41) is 1.19. The van der Waals surface area contributed by atoms with E-state index >= 15 is 0 Å². The van der Waals surface area contributed by atoms with E-state index in [1.165, 1.54) is 5.39 Å². The Hall–Kier alpha value is -1.32. The van der Waals surface area contributed by atoms with Gasteiger partial charge in [-0.3, -0.25) is 0 Å². The molecule has 2 heterocycles. The number of hydrogen-bond donors (Lipinski definition) is 0. The topological polar surface area (TPSA) is 19.4 Å². The fraction of sp³-hybridized carbons (Fsp3) is 0.308. The van der Waals surface area contributed by atoms with Crippen molar-refractivity contribution in [1.82, 2.24) is 9.40 Å². The SMILES string of the molecule is ClN1CCN(c2ccc3ccccc3n2)CC1. The Balaban J connectivity index is 1.90. The van der Waals surface area contributed by atoms with E-state index in [1.54, 1.807) is 0 Å². The van der Waals surface area contributed by atoms with Gasteiger partial charge >= 0.3 is 0 Å². The van der Waals surface area contributed by atoms with Crippen molar-refractivity contribution in [3.05, 3.63) is 36.4 Å². The van der Waals surface area contributed by atoms with Gasteiger partial charge in [-0.2, -0.15) is 0 Å². The van der Waals surface area contributed by atoms with E-state index in [4.69, 9.17) is 11.8 Å². The molecule has 0 atom stereocenters. The van der Waals surface area contributed by atoms with Crippen molar-refractivity contribution >= 4 is 28.5 Å². The number of piperazine rings is 1. The van der Waals surface area contributed by atoms with E-state index in [0.29, 0.717) is 0 Å². The van der Waals surface area contributed by atoms with Gasteiger partial charge in [0.2, 0.25) is 0 Å². The van der Waals surface area contributed by atoms with Crippen molar-refractivity contribution < 1.29 is 0 Å². The van der Waals surface area contributed by atoms with Crippen molar-refractivity contribution in [3.63, 3.8) is 0 Å². The number of nitrogens with zero attached hydrogens (tertiary/aromatic N) is 3. The predicted molar refractivity (Wildman–Crippen MR) is 71.4 cm³/mol. The molecule has 0 aliphatic carbocycles. The highest BCUT2D eigenvalue weighted by atomic mass is 35.5. The number of benzene rings is 1. The van der Waals surface area contributed by atoms with Crippen LogP contribution in [0.1, 0.15) is 0 Å². The molecule has 0 spiro atoms. The summed E-state index contributed by atoms with van der Waals surface area (Å²) in [7, 11) is 0. The lowest BCUT2D eigenvalue weighted by atomic mass is 10.2. The lowest BCUT2D eigenvalue weighted by Crippen LogP contribution is -2.42. The number of anilines is 1. The Morgan fingerprint density at radius 3 is 2.53 bits per heavy atom. The summed E-state index contributed by atoms with van der Waals surface area (Å²) >= 11 is 5.95. The first kappa shape index (κ1) is 10.8. The van der Waals surface area contributed by atoms with Crippen LogP contribution in [0.2, 0.25) is 0 Å². The lowest BCUT2D eigenvalue weighted by molar-refractivity contribution is 0.415. The van der Waals surface area contributed by atoms with E-state index < -0.39 is 0 Å². The third-order valence-corrected chi connectivity index (χ3v) is 3.47. The second-order valence-corrected chi connectivity index (χ2v) is 4.74. The smallest absolute Gasteiger partial charge is 0.129 e. The zero-order chi connectivity index (χ0) is 11.7. The number of rotatable bonds is 1. The monoisotopic (exact) mass is 247 g/mol. The second kappa shape index (κ2) is 4.51. The molecule has 4 heteroatoms. The van der Waals surface area contributed by atoms with E-state index in [9.17, 15) is 0 Å². The summed E-state index contributed by atoms with van der Waals surface area (Å²) < 4.78 is 1.83. The van der Waals surface area contributed by atoms with Crippen LogP contribution >= 0.6 is 11.8 Å². The zero-order valence-corrected chi connectivity index (χ0v) is 10.3. The number of fused-ring (bicyclic) bond motifs is 1. The van der Waals surface area contributed by atoms with Crippen molar-refractivity contribution in [2.24, 2.45) is 0 Å². The molecule has 17 heavy (non-hydrogen) atoms. The molecular weight excluding hydrogens is 234 g/mol. The molecule has 3 rings (SSSR count). The normalized spacial score (nSPS) is 17.6. The van der Waals surface area contributed by atoms with Crippen LogP contribution < -0.4 is 4.90 Å². The molecule has 1 aliphatic heterocycles. The molecule has 1 fully saturated rings. The molecule has 0 N–H and O–H groups in total. The maximum Gasteiger partial charge on any atom is 0.129 e. The van der Waals surface area contributed by atoms with Gasteiger partial charge in [0.15, 0.2) is 0 Å². The predicted octanol–water partition coefficient (Wildman–Crippen LogP) is 2.51. The van der Waals surface area contributed by atoms with E-state index in [-0.39, 0.29) is 0 Å². The molecule has 0 unspecified atom stereocenters. The van der Waals surface area contributed by atoms with Gasteiger partial charge in [0.05, 0.1) is 5.52 Å². The van der Waals surface area contributed by atoms with E-state index in [0.717, 1.165) is 37.5 Å². The maximum absolute atomic E-state index is 5.95. The standard InChI is InChI=1S/C13H14ClN3/c14-17-9-7-16(8-10-17)13-6-5-11-3-1-2-4-12(11)15-13/h1-6H,7-10H2. The highest BCUT2D eigenvalue weighted by molar-refractivity contribution is 6.13. The molecule has 2 aromatic rings. The van der Waals surface area contributed by atoms with Crippen LogP contribution in [0.3, 0.4) is 0 Å².